The van der Waals surface area contributed by atoms with Crippen LogP contribution in [0.4, 0.5) is 0 Å². The van der Waals surface area contributed by atoms with E-state index in [4.69, 9.17) is 4.74 Å². The van der Waals surface area contributed by atoms with Crippen molar-refractivity contribution < 1.29 is 13.2 Å². The third kappa shape index (κ3) is 5.60. The summed E-state index contributed by atoms with van der Waals surface area (Å²) >= 11 is 0. The lowest BCUT2D eigenvalue weighted by atomic mass is 10.2. The molecule has 0 atom stereocenters. The minimum absolute atomic E-state index is 0.240. The second kappa shape index (κ2) is 8.67. The van der Waals surface area contributed by atoms with Crippen LogP contribution in [0.5, 0.6) is 5.75 Å². The highest BCUT2D eigenvalue weighted by Crippen LogP contribution is 2.16. The molecule has 5 nitrogen and oxygen atoms in total. The van der Waals surface area contributed by atoms with Crippen LogP contribution in [-0.2, 0) is 10.0 Å². The number of rotatable bonds is 8. The molecule has 2 rings (SSSR count). The number of benzene rings is 2. The molecule has 134 valence electrons. The molecular formula is C19H24N2O3S. The number of nitrogens with one attached hydrogen (secondary N) is 1. The first-order valence-electron chi connectivity index (χ1n) is 8.27. The van der Waals surface area contributed by atoms with Gasteiger partial charge in [-0.1, -0.05) is 25.5 Å². The average Bonchev–Trinajstić information content (AvgIpc) is 2.58. The summed E-state index contributed by atoms with van der Waals surface area (Å²) in [7, 11) is -3.68. The highest BCUT2D eigenvalue weighted by Gasteiger charge is 2.15. The molecule has 6 heteroatoms. The van der Waals surface area contributed by atoms with Gasteiger partial charge in [0.05, 0.1) is 17.7 Å². The highest BCUT2D eigenvalue weighted by molar-refractivity contribution is 7.89. The van der Waals surface area contributed by atoms with Crippen LogP contribution in [0.25, 0.3) is 0 Å². The summed E-state index contributed by atoms with van der Waals surface area (Å²) in [6.07, 6.45) is 3.58. The molecule has 0 fully saturated rings. The van der Waals surface area contributed by atoms with E-state index in [1.807, 2.05) is 37.3 Å². The van der Waals surface area contributed by atoms with Crippen molar-refractivity contribution in [2.75, 3.05) is 6.61 Å². The van der Waals surface area contributed by atoms with Crippen molar-refractivity contribution in [3.05, 3.63) is 59.2 Å². The minimum Gasteiger partial charge on any atom is -0.494 e. The second-order valence-corrected chi connectivity index (χ2v) is 7.52. The number of aryl methyl sites for hydroxylation is 2. The number of hydrogen-bond donors (Lipinski definition) is 1. The van der Waals surface area contributed by atoms with Crippen molar-refractivity contribution in [2.24, 2.45) is 5.10 Å². The molecule has 25 heavy (non-hydrogen) atoms. The molecule has 0 heterocycles. The molecule has 0 saturated heterocycles. The number of ether oxygens (including phenoxy) is 1. The largest absolute Gasteiger partial charge is 0.494 e. The number of unbranched alkanes of at least 4 members (excludes halogenated alkanes) is 1. The number of hydrazone groups is 1. The summed E-state index contributed by atoms with van der Waals surface area (Å²) in [5, 5.41) is 3.86. The molecule has 0 spiro atoms. The fourth-order valence-electron chi connectivity index (χ4n) is 2.20. The van der Waals surface area contributed by atoms with Crippen LogP contribution in [0, 0.1) is 13.8 Å². The molecule has 0 radical (unpaired) electrons. The predicted octanol–water partition coefficient (Wildman–Crippen LogP) is 3.79. The maximum absolute atomic E-state index is 12.4. The van der Waals surface area contributed by atoms with E-state index in [0.717, 1.165) is 29.7 Å². The Morgan fingerprint density at radius 3 is 2.52 bits per heavy atom. The summed E-state index contributed by atoms with van der Waals surface area (Å²) in [4.78, 5) is 2.50. The molecule has 0 aliphatic carbocycles. The van der Waals surface area contributed by atoms with Crippen LogP contribution in [0.3, 0.4) is 0 Å². The van der Waals surface area contributed by atoms with Gasteiger partial charge in [0, 0.05) is 0 Å². The van der Waals surface area contributed by atoms with Gasteiger partial charge in [-0.05, 0) is 67.3 Å². The first kappa shape index (κ1) is 19.0. The van der Waals surface area contributed by atoms with Gasteiger partial charge in [-0.3, -0.25) is 0 Å². The fraction of sp³-hybridized carbons (Fsp3) is 0.316. The van der Waals surface area contributed by atoms with Gasteiger partial charge in [0.25, 0.3) is 10.0 Å². The van der Waals surface area contributed by atoms with Crippen LogP contribution in [0.15, 0.2) is 52.5 Å². The van der Waals surface area contributed by atoms with Crippen LogP contribution in [0.2, 0.25) is 0 Å². The molecule has 0 bridgehead atoms. The minimum atomic E-state index is -3.68. The van der Waals surface area contributed by atoms with Gasteiger partial charge in [0.1, 0.15) is 5.75 Å². The Hall–Kier alpha value is -2.34. The van der Waals surface area contributed by atoms with Crippen LogP contribution in [-0.4, -0.2) is 21.2 Å². The molecule has 0 aliphatic rings. The molecule has 2 aromatic rings. The summed E-state index contributed by atoms with van der Waals surface area (Å²) in [6.45, 7) is 6.42. The Morgan fingerprint density at radius 1 is 1.12 bits per heavy atom. The summed E-state index contributed by atoms with van der Waals surface area (Å²) in [5.74, 6) is 0.793. The smallest absolute Gasteiger partial charge is 0.276 e. The fourth-order valence-corrected chi connectivity index (χ4v) is 3.32. The van der Waals surface area contributed by atoms with E-state index < -0.39 is 10.0 Å². The van der Waals surface area contributed by atoms with Crippen molar-refractivity contribution in [2.45, 2.75) is 38.5 Å². The third-order valence-electron chi connectivity index (χ3n) is 3.67. The van der Waals surface area contributed by atoms with Gasteiger partial charge >= 0.3 is 0 Å². The molecule has 0 aromatic heterocycles. The van der Waals surface area contributed by atoms with Crippen LogP contribution >= 0.6 is 0 Å². The zero-order chi connectivity index (χ0) is 18.3. The van der Waals surface area contributed by atoms with Crippen molar-refractivity contribution in [1.29, 1.82) is 0 Å². The lowest BCUT2D eigenvalue weighted by Crippen LogP contribution is -2.19. The molecule has 0 unspecified atom stereocenters. The van der Waals surface area contributed by atoms with Gasteiger partial charge in [0.2, 0.25) is 0 Å². The maximum atomic E-state index is 12.4. The van der Waals surface area contributed by atoms with E-state index in [1.54, 1.807) is 19.1 Å². The van der Waals surface area contributed by atoms with Gasteiger partial charge in [0.15, 0.2) is 0 Å². The molecule has 0 amide bonds. The van der Waals surface area contributed by atoms with Crippen LogP contribution in [0.1, 0.15) is 36.5 Å². The normalized spacial score (nSPS) is 11.6. The van der Waals surface area contributed by atoms with Gasteiger partial charge < -0.3 is 4.74 Å². The predicted molar refractivity (Wildman–Crippen MR) is 101 cm³/mol. The SMILES string of the molecule is CCCCOc1ccc(/C=N/NS(=O)(=O)c2cc(C)ccc2C)cc1. The molecule has 2 aromatic carbocycles. The molecule has 1 N–H and O–H groups in total. The zero-order valence-corrected chi connectivity index (χ0v) is 15.6. The van der Waals surface area contributed by atoms with Crippen LogP contribution < -0.4 is 9.57 Å². The van der Waals surface area contributed by atoms with Crippen molar-refractivity contribution >= 4 is 16.2 Å². The highest BCUT2D eigenvalue weighted by atomic mass is 32.2. The van der Waals surface area contributed by atoms with Gasteiger partial charge in [-0.15, -0.1) is 0 Å². The Labute approximate surface area is 149 Å². The molecule has 0 saturated carbocycles. The van der Waals surface area contributed by atoms with Crippen molar-refractivity contribution in [3.63, 3.8) is 0 Å². The molecule has 0 aliphatic heterocycles. The van der Waals surface area contributed by atoms with Crippen molar-refractivity contribution in [1.82, 2.24) is 4.83 Å². The number of hydrogen-bond acceptors (Lipinski definition) is 4. The Balaban J connectivity index is 2.01. The maximum Gasteiger partial charge on any atom is 0.276 e. The van der Waals surface area contributed by atoms with E-state index in [1.165, 1.54) is 6.21 Å². The standard InChI is InChI=1S/C19H24N2O3S/c1-4-5-12-24-18-10-8-17(9-11-18)14-20-21-25(22,23)19-13-15(2)6-7-16(19)3/h6-11,13-14,21H,4-5,12H2,1-3H3/b20-14+. The van der Waals surface area contributed by atoms with E-state index in [9.17, 15) is 8.42 Å². The topological polar surface area (TPSA) is 67.8 Å². The van der Waals surface area contributed by atoms with Gasteiger partial charge in [-0.25, -0.2) is 4.83 Å². The number of sulfonamides is 1. The Kier molecular flexibility index (Phi) is 6.58. The quantitative estimate of drug-likeness (QED) is 0.442. The number of nitrogens with zero attached hydrogens (tertiary/aromatic N) is 1. The van der Waals surface area contributed by atoms with E-state index >= 15 is 0 Å². The lowest BCUT2D eigenvalue weighted by molar-refractivity contribution is 0.309. The average molecular weight is 360 g/mol. The first-order chi connectivity index (χ1) is 11.9. The second-order valence-electron chi connectivity index (χ2n) is 5.89. The van der Waals surface area contributed by atoms with E-state index in [-0.39, 0.29) is 4.90 Å². The summed E-state index contributed by atoms with van der Waals surface area (Å²) in [6, 6.07) is 12.6. The zero-order valence-electron chi connectivity index (χ0n) is 14.8. The third-order valence-corrected chi connectivity index (χ3v) is 5.03. The Morgan fingerprint density at radius 2 is 1.84 bits per heavy atom. The Bertz CT molecular complexity index is 828. The van der Waals surface area contributed by atoms with E-state index in [0.29, 0.717) is 12.2 Å². The lowest BCUT2D eigenvalue weighted by Gasteiger charge is -2.08. The van der Waals surface area contributed by atoms with Crippen molar-refractivity contribution in [3.8, 4) is 5.75 Å². The molecular weight excluding hydrogens is 336 g/mol. The van der Waals surface area contributed by atoms with E-state index in [2.05, 4.69) is 16.9 Å². The first-order valence-corrected chi connectivity index (χ1v) is 9.75. The monoisotopic (exact) mass is 360 g/mol. The van der Waals surface area contributed by atoms with Gasteiger partial charge in [-0.2, -0.15) is 13.5 Å². The summed E-state index contributed by atoms with van der Waals surface area (Å²) in [5.41, 5.74) is 2.35. The summed E-state index contributed by atoms with van der Waals surface area (Å²) < 4.78 is 30.3.